The summed E-state index contributed by atoms with van der Waals surface area (Å²) in [6.45, 7) is 2.81. The minimum Gasteiger partial charge on any atom is -0.336 e. The third-order valence-corrected chi connectivity index (χ3v) is 3.46. The molecule has 1 heterocycles. The Bertz CT molecular complexity index is 459. The van der Waals surface area contributed by atoms with Gasteiger partial charge in [-0.05, 0) is 24.6 Å². The summed E-state index contributed by atoms with van der Waals surface area (Å²) in [6, 6.07) is 5.08. The van der Waals surface area contributed by atoms with E-state index >= 15 is 0 Å². The topological polar surface area (TPSA) is 49.4 Å². The summed E-state index contributed by atoms with van der Waals surface area (Å²) >= 11 is 3.37. The highest BCUT2D eigenvalue weighted by molar-refractivity contribution is 9.10. The van der Waals surface area contributed by atoms with Crippen LogP contribution in [0.5, 0.6) is 0 Å². The predicted molar refractivity (Wildman–Crippen MR) is 63.3 cm³/mol. The molecule has 1 fully saturated rings. The maximum absolute atomic E-state index is 12.1. The van der Waals surface area contributed by atoms with Crippen molar-refractivity contribution >= 4 is 27.9 Å². The van der Waals surface area contributed by atoms with E-state index in [1.165, 1.54) is 4.90 Å². The Hall–Kier alpha value is -1.36. The molecular weight excluding hydrogens is 272 g/mol. The van der Waals surface area contributed by atoms with Crippen molar-refractivity contribution in [3.05, 3.63) is 33.8 Å². The number of imide groups is 1. The first kappa shape index (κ1) is 11.1. The standard InChI is InChI=1S/C11H11BrN2O2/c1-7-8(3-2-4-9(7)12)10(15)14-6-5-13-11(14)16/h2-4H,5-6H2,1H3,(H,13,16). The Morgan fingerprint density at radius 2 is 2.25 bits per heavy atom. The average Bonchev–Trinajstić information content (AvgIpc) is 2.68. The lowest BCUT2D eigenvalue weighted by atomic mass is 10.1. The highest BCUT2D eigenvalue weighted by Crippen LogP contribution is 2.21. The lowest BCUT2D eigenvalue weighted by molar-refractivity contribution is 0.0828. The predicted octanol–water partition coefficient (Wildman–Crippen LogP) is 1.92. The van der Waals surface area contributed by atoms with E-state index in [1.54, 1.807) is 12.1 Å². The molecule has 0 radical (unpaired) electrons. The highest BCUT2D eigenvalue weighted by Gasteiger charge is 2.28. The van der Waals surface area contributed by atoms with Gasteiger partial charge in [0.15, 0.2) is 0 Å². The van der Waals surface area contributed by atoms with Gasteiger partial charge < -0.3 is 5.32 Å². The van der Waals surface area contributed by atoms with Gasteiger partial charge in [-0.1, -0.05) is 22.0 Å². The fourth-order valence-corrected chi connectivity index (χ4v) is 2.02. The Balaban J connectivity index is 2.34. The first-order chi connectivity index (χ1) is 7.61. The van der Waals surface area contributed by atoms with E-state index in [9.17, 15) is 9.59 Å². The van der Waals surface area contributed by atoms with E-state index in [4.69, 9.17) is 0 Å². The summed E-state index contributed by atoms with van der Waals surface area (Å²) in [7, 11) is 0. The number of rotatable bonds is 1. The van der Waals surface area contributed by atoms with Crippen molar-refractivity contribution < 1.29 is 9.59 Å². The molecule has 5 heteroatoms. The molecule has 0 saturated carbocycles. The van der Waals surface area contributed by atoms with Crippen LogP contribution in [-0.4, -0.2) is 29.9 Å². The summed E-state index contributed by atoms with van der Waals surface area (Å²) in [5, 5.41) is 2.61. The van der Waals surface area contributed by atoms with Crippen LogP contribution in [0, 0.1) is 6.92 Å². The van der Waals surface area contributed by atoms with Gasteiger partial charge in [0.05, 0.1) is 0 Å². The number of amides is 3. The Kier molecular flexibility index (Phi) is 2.96. The van der Waals surface area contributed by atoms with Gasteiger partial charge in [0.2, 0.25) is 0 Å². The van der Waals surface area contributed by atoms with E-state index in [1.807, 2.05) is 13.0 Å². The molecule has 1 aromatic rings. The normalized spacial score (nSPS) is 15.1. The average molecular weight is 283 g/mol. The molecule has 1 saturated heterocycles. The number of carbonyl (C=O) groups is 2. The third-order valence-electron chi connectivity index (χ3n) is 2.60. The summed E-state index contributed by atoms with van der Waals surface area (Å²) in [5.41, 5.74) is 1.42. The molecular formula is C11H11BrN2O2. The first-order valence-electron chi connectivity index (χ1n) is 4.96. The lowest BCUT2D eigenvalue weighted by Gasteiger charge is -2.14. The van der Waals surface area contributed by atoms with Gasteiger partial charge in [0, 0.05) is 23.1 Å². The fourth-order valence-electron chi connectivity index (χ4n) is 1.65. The molecule has 2 rings (SSSR count). The number of carbonyl (C=O) groups excluding carboxylic acids is 2. The summed E-state index contributed by atoms with van der Waals surface area (Å²) in [5.74, 6) is -0.242. The lowest BCUT2D eigenvalue weighted by Crippen LogP contribution is -2.34. The highest BCUT2D eigenvalue weighted by atomic mass is 79.9. The number of benzene rings is 1. The van der Waals surface area contributed by atoms with Crippen LogP contribution >= 0.6 is 15.9 Å². The molecule has 0 atom stereocenters. The van der Waals surface area contributed by atoms with Gasteiger partial charge in [-0.25, -0.2) is 4.79 Å². The van der Waals surface area contributed by atoms with E-state index in [-0.39, 0.29) is 11.9 Å². The maximum Gasteiger partial charge on any atom is 0.324 e. The first-order valence-corrected chi connectivity index (χ1v) is 5.75. The zero-order valence-electron chi connectivity index (χ0n) is 8.79. The van der Waals surface area contributed by atoms with Crippen molar-refractivity contribution in [2.24, 2.45) is 0 Å². The van der Waals surface area contributed by atoms with E-state index in [0.29, 0.717) is 18.7 Å². The molecule has 16 heavy (non-hydrogen) atoms. The van der Waals surface area contributed by atoms with Gasteiger partial charge in [0.1, 0.15) is 0 Å². The fraction of sp³-hybridized carbons (Fsp3) is 0.273. The molecule has 0 unspecified atom stereocenters. The summed E-state index contributed by atoms with van der Waals surface area (Å²) in [4.78, 5) is 24.7. The molecule has 3 amide bonds. The number of hydrogen-bond acceptors (Lipinski definition) is 2. The smallest absolute Gasteiger partial charge is 0.324 e. The number of nitrogens with zero attached hydrogens (tertiary/aromatic N) is 1. The molecule has 0 aliphatic carbocycles. The van der Waals surface area contributed by atoms with Crippen molar-refractivity contribution in [3.63, 3.8) is 0 Å². The molecule has 1 aliphatic heterocycles. The van der Waals surface area contributed by atoms with Crippen LogP contribution in [0.2, 0.25) is 0 Å². The van der Waals surface area contributed by atoms with Crippen LogP contribution in [0.3, 0.4) is 0 Å². The number of nitrogens with one attached hydrogen (secondary N) is 1. The molecule has 4 nitrogen and oxygen atoms in total. The van der Waals surface area contributed by atoms with Gasteiger partial charge in [-0.15, -0.1) is 0 Å². The van der Waals surface area contributed by atoms with Crippen molar-refractivity contribution in [1.82, 2.24) is 10.2 Å². The Labute approximate surface area is 102 Å². The SMILES string of the molecule is Cc1c(Br)cccc1C(=O)N1CCNC1=O. The monoisotopic (exact) mass is 282 g/mol. The van der Waals surface area contributed by atoms with Crippen LogP contribution in [-0.2, 0) is 0 Å². The maximum atomic E-state index is 12.1. The minimum atomic E-state index is -0.315. The van der Waals surface area contributed by atoms with Crippen molar-refractivity contribution in [2.45, 2.75) is 6.92 Å². The van der Waals surface area contributed by atoms with Crippen LogP contribution < -0.4 is 5.32 Å². The van der Waals surface area contributed by atoms with Gasteiger partial charge >= 0.3 is 6.03 Å². The van der Waals surface area contributed by atoms with Crippen molar-refractivity contribution in [1.29, 1.82) is 0 Å². The van der Waals surface area contributed by atoms with Crippen LogP contribution in [0.4, 0.5) is 4.79 Å². The molecule has 0 bridgehead atoms. The second-order valence-electron chi connectivity index (χ2n) is 3.60. The molecule has 1 N–H and O–H groups in total. The Morgan fingerprint density at radius 3 is 2.88 bits per heavy atom. The van der Waals surface area contributed by atoms with E-state index in [0.717, 1.165) is 10.0 Å². The van der Waals surface area contributed by atoms with Crippen molar-refractivity contribution in [2.75, 3.05) is 13.1 Å². The van der Waals surface area contributed by atoms with Crippen LogP contribution in [0.15, 0.2) is 22.7 Å². The Morgan fingerprint density at radius 1 is 1.50 bits per heavy atom. The number of hydrogen-bond donors (Lipinski definition) is 1. The van der Waals surface area contributed by atoms with Gasteiger partial charge in [-0.2, -0.15) is 0 Å². The quantitative estimate of drug-likeness (QED) is 0.856. The molecule has 1 aliphatic rings. The summed E-state index contributed by atoms with van der Waals surface area (Å²) in [6.07, 6.45) is 0. The summed E-state index contributed by atoms with van der Waals surface area (Å²) < 4.78 is 0.873. The van der Waals surface area contributed by atoms with E-state index in [2.05, 4.69) is 21.2 Å². The van der Waals surface area contributed by atoms with Gasteiger partial charge in [0.25, 0.3) is 5.91 Å². The van der Waals surface area contributed by atoms with Crippen LogP contribution in [0.25, 0.3) is 0 Å². The van der Waals surface area contributed by atoms with Crippen molar-refractivity contribution in [3.8, 4) is 0 Å². The zero-order chi connectivity index (χ0) is 11.7. The number of urea groups is 1. The third kappa shape index (κ3) is 1.82. The molecule has 0 aromatic heterocycles. The number of halogens is 1. The second kappa shape index (κ2) is 4.25. The molecule has 0 spiro atoms. The largest absolute Gasteiger partial charge is 0.336 e. The van der Waals surface area contributed by atoms with E-state index < -0.39 is 0 Å². The molecule has 84 valence electrons. The minimum absolute atomic E-state index is 0.242. The zero-order valence-corrected chi connectivity index (χ0v) is 10.4. The van der Waals surface area contributed by atoms with Crippen LogP contribution in [0.1, 0.15) is 15.9 Å². The van der Waals surface area contributed by atoms with Gasteiger partial charge in [-0.3, -0.25) is 9.69 Å². The second-order valence-corrected chi connectivity index (χ2v) is 4.46. The molecule has 1 aromatic carbocycles.